The summed E-state index contributed by atoms with van der Waals surface area (Å²) in [5, 5.41) is 7.35. The molecule has 0 radical (unpaired) electrons. The predicted octanol–water partition coefficient (Wildman–Crippen LogP) is 2.34. The minimum atomic E-state index is -0.0355. The van der Waals surface area contributed by atoms with Crippen LogP contribution >= 0.6 is 0 Å². The maximum absolute atomic E-state index is 12.6. The van der Waals surface area contributed by atoms with Gasteiger partial charge in [-0.2, -0.15) is 0 Å². The highest BCUT2D eigenvalue weighted by Crippen LogP contribution is 2.29. The molecule has 20 heavy (non-hydrogen) atoms. The van der Waals surface area contributed by atoms with E-state index in [4.69, 9.17) is 4.52 Å². The number of likely N-dealkylation sites (tertiary alicyclic amines) is 1. The molecule has 2 heterocycles. The number of rotatable bonds is 5. The smallest absolute Gasteiger partial charge is 0.240 e. The van der Waals surface area contributed by atoms with Gasteiger partial charge in [-0.05, 0) is 46.6 Å². The fourth-order valence-electron chi connectivity index (χ4n) is 3.03. The molecule has 1 saturated heterocycles. The van der Waals surface area contributed by atoms with Gasteiger partial charge in [0.15, 0.2) is 0 Å². The van der Waals surface area contributed by atoms with E-state index in [2.05, 4.69) is 24.3 Å². The van der Waals surface area contributed by atoms with Crippen molar-refractivity contribution < 1.29 is 9.32 Å². The van der Waals surface area contributed by atoms with E-state index in [0.717, 1.165) is 49.4 Å². The summed E-state index contributed by atoms with van der Waals surface area (Å²) in [6.07, 6.45) is 3.02. The van der Waals surface area contributed by atoms with E-state index in [-0.39, 0.29) is 18.0 Å². The van der Waals surface area contributed by atoms with Gasteiger partial charge in [-0.25, -0.2) is 0 Å². The topological polar surface area (TPSA) is 58.4 Å². The molecule has 2 unspecified atom stereocenters. The van der Waals surface area contributed by atoms with Crippen LogP contribution in [0, 0.1) is 13.8 Å². The maximum atomic E-state index is 12.6. The summed E-state index contributed by atoms with van der Waals surface area (Å²) in [4.78, 5) is 14.6. The van der Waals surface area contributed by atoms with Crippen molar-refractivity contribution in [3.8, 4) is 0 Å². The zero-order valence-electron chi connectivity index (χ0n) is 12.9. The number of hydrogen-bond acceptors (Lipinski definition) is 4. The van der Waals surface area contributed by atoms with Crippen LogP contribution < -0.4 is 5.32 Å². The molecule has 5 nitrogen and oxygen atoms in total. The molecule has 0 aliphatic carbocycles. The second kappa shape index (κ2) is 6.39. The SMILES string of the molecule is CCCNC1CCCN(C(C)c2c(C)noc2C)C1=O. The van der Waals surface area contributed by atoms with Crippen molar-refractivity contribution in [2.45, 2.75) is 59.0 Å². The number of aromatic nitrogens is 1. The molecule has 1 aliphatic heterocycles. The second-order valence-corrected chi connectivity index (χ2v) is 5.59. The number of nitrogens with one attached hydrogen (secondary N) is 1. The van der Waals surface area contributed by atoms with Crippen molar-refractivity contribution in [2.24, 2.45) is 0 Å². The van der Waals surface area contributed by atoms with Crippen LogP contribution in [-0.2, 0) is 4.79 Å². The fraction of sp³-hybridized carbons (Fsp3) is 0.733. The van der Waals surface area contributed by atoms with E-state index < -0.39 is 0 Å². The van der Waals surface area contributed by atoms with Crippen LogP contribution in [0.2, 0.25) is 0 Å². The number of aryl methyl sites for hydroxylation is 2. The molecule has 0 aromatic carbocycles. The van der Waals surface area contributed by atoms with Gasteiger partial charge in [0.1, 0.15) is 5.76 Å². The average molecular weight is 279 g/mol. The van der Waals surface area contributed by atoms with E-state index in [1.165, 1.54) is 0 Å². The van der Waals surface area contributed by atoms with E-state index in [1.54, 1.807) is 0 Å². The molecular formula is C15H25N3O2. The van der Waals surface area contributed by atoms with Gasteiger partial charge in [0.25, 0.3) is 0 Å². The fourth-order valence-corrected chi connectivity index (χ4v) is 3.03. The Morgan fingerprint density at radius 3 is 2.85 bits per heavy atom. The Labute approximate surface area is 120 Å². The molecule has 2 atom stereocenters. The molecule has 0 bridgehead atoms. The van der Waals surface area contributed by atoms with Crippen molar-refractivity contribution in [1.29, 1.82) is 0 Å². The molecule has 112 valence electrons. The minimum absolute atomic E-state index is 0.0278. The lowest BCUT2D eigenvalue weighted by molar-refractivity contribution is -0.138. The van der Waals surface area contributed by atoms with Gasteiger partial charge < -0.3 is 14.7 Å². The Hall–Kier alpha value is -1.36. The van der Waals surface area contributed by atoms with Crippen LogP contribution in [0.15, 0.2) is 4.52 Å². The standard InChI is InChI=1S/C15H25N3O2/c1-5-8-16-13-7-6-9-18(15(13)19)11(3)14-10(2)17-20-12(14)4/h11,13,16H,5-9H2,1-4H3. The zero-order chi connectivity index (χ0) is 14.7. The highest BCUT2D eigenvalue weighted by atomic mass is 16.5. The quantitative estimate of drug-likeness (QED) is 0.899. The summed E-state index contributed by atoms with van der Waals surface area (Å²) in [7, 11) is 0. The van der Waals surface area contributed by atoms with E-state index in [0.29, 0.717) is 0 Å². The Kier molecular flexibility index (Phi) is 4.81. The van der Waals surface area contributed by atoms with Crippen LogP contribution in [0.5, 0.6) is 0 Å². The van der Waals surface area contributed by atoms with E-state index in [9.17, 15) is 4.79 Å². The number of hydrogen-bond donors (Lipinski definition) is 1. The number of carbonyl (C=O) groups excluding carboxylic acids is 1. The first-order valence-electron chi connectivity index (χ1n) is 7.52. The van der Waals surface area contributed by atoms with Crippen LogP contribution in [0.3, 0.4) is 0 Å². The lowest BCUT2D eigenvalue weighted by Gasteiger charge is -2.37. The Balaban J connectivity index is 2.13. The van der Waals surface area contributed by atoms with E-state index in [1.807, 2.05) is 18.7 Å². The largest absolute Gasteiger partial charge is 0.361 e. The van der Waals surface area contributed by atoms with Crippen molar-refractivity contribution in [2.75, 3.05) is 13.1 Å². The third-order valence-corrected chi connectivity index (χ3v) is 4.09. The van der Waals surface area contributed by atoms with Crippen LogP contribution in [0.4, 0.5) is 0 Å². The van der Waals surface area contributed by atoms with Gasteiger partial charge >= 0.3 is 0 Å². The Morgan fingerprint density at radius 1 is 1.50 bits per heavy atom. The normalized spacial score (nSPS) is 21.3. The molecular weight excluding hydrogens is 254 g/mol. The molecule has 1 aromatic heterocycles. The zero-order valence-corrected chi connectivity index (χ0v) is 12.9. The third-order valence-electron chi connectivity index (χ3n) is 4.09. The van der Waals surface area contributed by atoms with Gasteiger partial charge in [0.05, 0.1) is 17.8 Å². The van der Waals surface area contributed by atoms with Gasteiger partial charge in [0, 0.05) is 12.1 Å². The molecule has 0 saturated carbocycles. The summed E-state index contributed by atoms with van der Waals surface area (Å²) in [5.41, 5.74) is 1.93. The lowest BCUT2D eigenvalue weighted by Crippen LogP contribution is -2.51. The predicted molar refractivity (Wildman–Crippen MR) is 77.4 cm³/mol. The molecule has 1 aromatic rings. The lowest BCUT2D eigenvalue weighted by atomic mass is 9.98. The number of piperidine rings is 1. The first-order chi connectivity index (χ1) is 9.56. The summed E-state index contributed by atoms with van der Waals surface area (Å²) >= 11 is 0. The average Bonchev–Trinajstić information content (AvgIpc) is 2.76. The second-order valence-electron chi connectivity index (χ2n) is 5.59. The van der Waals surface area contributed by atoms with Gasteiger partial charge in [0.2, 0.25) is 5.91 Å². The van der Waals surface area contributed by atoms with Crippen molar-refractivity contribution in [3.05, 3.63) is 17.0 Å². The summed E-state index contributed by atoms with van der Waals surface area (Å²) in [6, 6.07) is -0.00778. The summed E-state index contributed by atoms with van der Waals surface area (Å²) in [5.74, 6) is 1.02. The van der Waals surface area contributed by atoms with Gasteiger partial charge in [-0.1, -0.05) is 12.1 Å². The molecule has 1 aliphatic rings. The number of nitrogens with zero attached hydrogens (tertiary/aromatic N) is 2. The molecule has 2 rings (SSSR count). The van der Waals surface area contributed by atoms with Crippen LogP contribution in [0.25, 0.3) is 0 Å². The minimum Gasteiger partial charge on any atom is -0.361 e. The Morgan fingerprint density at radius 2 is 2.25 bits per heavy atom. The van der Waals surface area contributed by atoms with Crippen LogP contribution in [0.1, 0.15) is 56.2 Å². The molecule has 1 N–H and O–H groups in total. The Bertz CT molecular complexity index is 450. The molecule has 0 spiro atoms. The third kappa shape index (κ3) is 2.87. The highest BCUT2D eigenvalue weighted by Gasteiger charge is 2.33. The highest BCUT2D eigenvalue weighted by molar-refractivity contribution is 5.83. The van der Waals surface area contributed by atoms with Gasteiger partial charge in [-0.15, -0.1) is 0 Å². The number of amides is 1. The van der Waals surface area contributed by atoms with Crippen molar-refractivity contribution in [1.82, 2.24) is 15.4 Å². The molecule has 1 fully saturated rings. The molecule has 1 amide bonds. The molecule has 5 heteroatoms. The number of carbonyl (C=O) groups is 1. The van der Waals surface area contributed by atoms with E-state index >= 15 is 0 Å². The van der Waals surface area contributed by atoms with Gasteiger partial charge in [-0.3, -0.25) is 4.79 Å². The summed E-state index contributed by atoms with van der Waals surface area (Å²) < 4.78 is 5.23. The van der Waals surface area contributed by atoms with Crippen molar-refractivity contribution in [3.63, 3.8) is 0 Å². The van der Waals surface area contributed by atoms with Crippen LogP contribution in [-0.4, -0.2) is 35.1 Å². The first kappa shape index (κ1) is 15.0. The van der Waals surface area contributed by atoms with Crippen molar-refractivity contribution >= 4 is 5.91 Å². The summed E-state index contributed by atoms with van der Waals surface area (Å²) in [6.45, 7) is 9.73. The first-order valence-corrected chi connectivity index (χ1v) is 7.52. The monoisotopic (exact) mass is 279 g/mol. The maximum Gasteiger partial charge on any atom is 0.240 e.